The summed E-state index contributed by atoms with van der Waals surface area (Å²) < 4.78 is 6.91. The van der Waals surface area contributed by atoms with Crippen LogP contribution in [0.2, 0.25) is 10.0 Å². The zero-order chi connectivity index (χ0) is 21.4. The number of benzene rings is 1. The summed E-state index contributed by atoms with van der Waals surface area (Å²) in [6.45, 7) is 0.390. The van der Waals surface area contributed by atoms with Crippen molar-refractivity contribution in [3.63, 3.8) is 0 Å². The number of nitrogens with one attached hydrogen (secondary N) is 1. The third-order valence-corrected chi connectivity index (χ3v) is 5.15. The number of fused-ring (bicyclic) bond motifs is 2. The number of aromatic nitrogens is 6. The summed E-state index contributed by atoms with van der Waals surface area (Å²) in [6.07, 6.45) is 3.37. The topological polar surface area (TPSA) is 90.1 Å². The first kappa shape index (κ1) is 19.5. The van der Waals surface area contributed by atoms with Gasteiger partial charge in [0.25, 0.3) is 0 Å². The van der Waals surface area contributed by atoms with E-state index in [0.29, 0.717) is 39.5 Å². The van der Waals surface area contributed by atoms with E-state index >= 15 is 0 Å². The smallest absolute Gasteiger partial charge is 0.178 e. The molecule has 0 saturated carbocycles. The van der Waals surface area contributed by atoms with Crippen molar-refractivity contribution in [1.29, 1.82) is 0 Å². The minimum atomic E-state index is 0.390. The number of methoxy groups -OCH3 is 1. The van der Waals surface area contributed by atoms with Crippen LogP contribution in [0.1, 0.15) is 5.82 Å². The van der Waals surface area contributed by atoms with Gasteiger partial charge in [-0.2, -0.15) is 9.61 Å². The molecular weight excluding hydrogens is 437 g/mol. The van der Waals surface area contributed by atoms with E-state index in [9.17, 15) is 0 Å². The van der Waals surface area contributed by atoms with E-state index in [-0.39, 0.29) is 0 Å². The molecule has 0 radical (unpaired) electrons. The molecule has 4 aromatic heterocycles. The highest BCUT2D eigenvalue weighted by Crippen LogP contribution is 2.26. The van der Waals surface area contributed by atoms with Crippen LogP contribution < -0.4 is 10.1 Å². The van der Waals surface area contributed by atoms with Gasteiger partial charge in [0.1, 0.15) is 11.3 Å². The van der Waals surface area contributed by atoms with E-state index in [2.05, 4.69) is 30.6 Å². The summed E-state index contributed by atoms with van der Waals surface area (Å²) in [5.74, 6) is 1.29. The van der Waals surface area contributed by atoms with Crippen molar-refractivity contribution in [2.45, 2.75) is 6.54 Å². The lowest BCUT2D eigenvalue weighted by atomic mass is 10.1. The summed E-state index contributed by atoms with van der Waals surface area (Å²) in [5, 5.41) is 17.6. The summed E-state index contributed by atoms with van der Waals surface area (Å²) >= 11 is 12.3. The summed E-state index contributed by atoms with van der Waals surface area (Å²) in [5.41, 5.74) is 4.44. The van der Waals surface area contributed by atoms with E-state index in [1.54, 1.807) is 30.1 Å². The van der Waals surface area contributed by atoms with Crippen molar-refractivity contribution in [2.24, 2.45) is 0 Å². The normalized spacial score (nSPS) is 11.2. The number of hydrogen-bond acceptors (Lipinski definition) is 7. The van der Waals surface area contributed by atoms with Gasteiger partial charge < -0.3 is 10.1 Å². The molecule has 0 aliphatic rings. The van der Waals surface area contributed by atoms with Gasteiger partial charge in [0.05, 0.1) is 36.7 Å². The fourth-order valence-electron chi connectivity index (χ4n) is 3.24. The maximum Gasteiger partial charge on any atom is 0.178 e. The summed E-state index contributed by atoms with van der Waals surface area (Å²) in [6, 6.07) is 12.7. The molecule has 5 aromatic rings. The molecule has 0 saturated heterocycles. The van der Waals surface area contributed by atoms with E-state index in [1.165, 1.54) is 0 Å². The molecule has 154 valence electrons. The number of pyridine rings is 2. The third-order valence-electron chi connectivity index (χ3n) is 4.71. The Morgan fingerprint density at radius 1 is 1.00 bits per heavy atom. The summed E-state index contributed by atoms with van der Waals surface area (Å²) in [4.78, 5) is 8.81. The van der Waals surface area contributed by atoms with Gasteiger partial charge in [-0.15, -0.1) is 10.2 Å². The molecule has 0 aliphatic carbocycles. The molecular formula is C21H15Cl2N7O. The first-order valence-electron chi connectivity index (χ1n) is 9.31. The van der Waals surface area contributed by atoms with Crippen LogP contribution in [-0.4, -0.2) is 36.9 Å². The van der Waals surface area contributed by atoms with Crippen LogP contribution in [0.4, 0.5) is 5.69 Å². The molecule has 1 N–H and O–H groups in total. The number of halogens is 2. The molecule has 1 aromatic carbocycles. The van der Waals surface area contributed by atoms with Crippen molar-refractivity contribution < 1.29 is 4.74 Å². The largest absolute Gasteiger partial charge is 0.495 e. The Hall–Kier alpha value is -3.49. The van der Waals surface area contributed by atoms with Crippen molar-refractivity contribution in [3.8, 4) is 17.0 Å². The molecule has 0 atom stereocenters. The van der Waals surface area contributed by atoms with E-state index in [4.69, 9.17) is 27.9 Å². The standard InChI is InChI=1S/C21H15Cl2N7O/c1-31-15-9-18-21(26-10-15)17(4-5-24-18)25-11-20-28-27-19-3-2-16(29-30(19)20)12-6-13(22)8-14(23)7-12/h2-10H,11H2,1H3,(H,24,25). The molecule has 0 spiro atoms. The van der Waals surface area contributed by atoms with Crippen molar-refractivity contribution >= 4 is 45.6 Å². The Morgan fingerprint density at radius 2 is 1.84 bits per heavy atom. The molecule has 31 heavy (non-hydrogen) atoms. The molecule has 10 heteroatoms. The summed E-state index contributed by atoms with van der Waals surface area (Å²) in [7, 11) is 1.60. The second-order valence-corrected chi connectivity index (χ2v) is 7.59. The van der Waals surface area contributed by atoms with Crippen molar-refractivity contribution in [3.05, 3.63) is 70.7 Å². The minimum Gasteiger partial charge on any atom is -0.495 e. The van der Waals surface area contributed by atoms with Crippen LogP contribution in [0.15, 0.2) is 54.9 Å². The highest BCUT2D eigenvalue weighted by atomic mass is 35.5. The molecule has 0 unspecified atom stereocenters. The monoisotopic (exact) mass is 451 g/mol. The third kappa shape index (κ3) is 3.83. The number of rotatable bonds is 5. The zero-order valence-corrected chi connectivity index (χ0v) is 17.8. The van der Waals surface area contributed by atoms with E-state index in [0.717, 1.165) is 22.3 Å². The fourth-order valence-corrected chi connectivity index (χ4v) is 3.77. The molecule has 0 fully saturated rings. The molecule has 0 aliphatic heterocycles. The molecule has 0 amide bonds. The van der Waals surface area contributed by atoms with Crippen LogP contribution in [0.25, 0.3) is 27.9 Å². The zero-order valence-electron chi connectivity index (χ0n) is 16.3. The van der Waals surface area contributed by atoms with Crippen LogP contribution >= 0.6 is 23.2 Å². The van der Waals surface area contributed by atoms with Crippen LogP contribution in [0.5, 0.6) is 5.75 Å². The van der Waals surface area contributed by atoms with Crippen molar-refractivity contribution in [2.75, 3.05) is 12.4 Å². The lowest BCUT2D eigenvalue weighted by molar-refractivity contribution is 0.413. The molecule has 8 nitrogen and oxygen atoms in total. The van der Waals surface area contributed by atoms with Gasteiger partial charge >= 0.3 is 0 Å². The van der Waals surface area contributed by atoms with Gasteiger partial charge in [0.2, 0.25) is 0 Å². The van der Waals surface area contributed by atoms with Gasteiger partial charge in [0.15, 0.2) is 11.5 Å². The van der Waals surface area contributed by atoms with Crippen LogP contribution in [0, 0.1) is 0 Å². The van der Waals surface area contributed by atoms with E-state index in [1.807, 2.05) is 36.4 Å². The second-order valence-electron chi connectivity index (χ2n) is 6.72. The predicted molar refractivity (Wildman–Crippen MR) is 120 cm³/mol. The van der Waals surface area contributed by atoms with Crippen molar-refractivity contribution in [1.82, 2.24) is 29.8 Å². The predicted octanol–water partition coefficient (Wildman–Crippen LogP) is 4.66. The van der Waals surface area contributed by atoms with E-state index < -0.39 is 0 Å². The number of ether oxygens (including phenoxy) is 1. The first-order chi connectivity index (χ1) is 15.1. The highest BCUT2D eigenvalue weighted by molar-refractivity contribution is 6.35. The Kier molecular flexibility index (Phi) is 5.01. The second kappa shape index (κ2) is 7.98. The quantitative estimate of drug-likeness (QED) is 0.415. The Labute approximate surface area is 186 Å². The Morgan fingerprint density at radius 3 is 2.65 bits per heavy atom. The fraction of sp³-hybridized carbons (Fsp3) is 0.0952. The molecule has 5 rings (SSSR count). The number of anilines is 1. The molecule has 4 heterocycles. The van der Waals surface area contributed by atoms with Gasteiger partial charge in [0, 0.05) is 27.9 Å². The SMILES string of the molecule is COc1cnc2c(NCc3nnc4ccc(-c5cc(Cl)cc(Cl)c5)nn34)ccnc2c1. The highest BCUT2D eigenvalue weighted by Gasteiger charge is 2.11. The lowest BCUT2D eigenvalue weighted by Crippen LogP contribution is -2.07. The maximum atomic E-state index is 6.14. The Bertz CT molecular complexity index is 1400. The lowest BCUT2D eigenvalue weighted by Gasteiger charge is -2.09. The number of nitrogens with zero attached hydrogens (tertiary/aromatic N) is 6. The maximum absolute atomic E-state index is 6.14. The van der Waals surface area contributed by atoms with Gasteiger partial charge in [-0.1, -0.05) is 23.2 Å². The van der Waals surface area contributed by atoms with Gasteiger partial charge in [-0.25, -0.2) is 4.98 Å². The average molecular weight is 452 g/mol. The first-order valence-corrected chi connectivity index (χ1v) is 10.1. The minimum absolute atomic E-state index is 0.390. The average Bonchev–Trinajstić information content (AvgIpc) is 3.18. The van der Waals surface area contributed by atoms with Crippen LogP contribution in [-0.2, 0) is 6.54 Å². The van der Waals surface area contributed by atoms with Gasteiger partial charge in [-0.05, 0) is 36.4 Å². The number of hydrogen-bond donors (Lipinski definition) is 1. The Balaban J connectivity index is 1.47. The molecule has 0 bridgehead atoms. The van der Waals surface area contributed by atoms with Crippen LogP contribution in [0.3, 0.4) is 0 Å². The van der Waals surface area contributed by atoms with Gasteiger partial charge in [-0.3, -0.25) is 4.98 Å².